The number of amides is 2. The maximum atomic E-state index is 12.4. The summed E-state index contributed by atoms with van der Waals surface area (Å²) >= 11 is 0. The van der Waals surface area contributed by atoms with Crippen molar-refractivity contribution in [2.75, 3.05) is 25.1 Å². The lowest BCUT2D eigenvalue weighted by atomic mass is 10.0. The fourth-order valence-corrected chi connectivity index (χ4v) is 4.23. The van der Waals surface area contributed by atoms with Gasteiger partial charge in [-0.05, 0) is 50.3 Å². The van der Waals surface area contributed by atoms with E-state index in [-0.39, 0.29) is 23.8 Å². The van der Waals surface area contributed by atoms with Crippen molar-refractivity contribution >= 4 is 15.9 Å². The Bertz CT molecular complexity index is 688. The van der Waals surface area contributed by atoms with Gasteiger partial charge in [-0.15, -0.1) is 0 Å². The molecule has 2 rings (SSSR count). The van der Waals surface area contributed by atoms with Crippen LogP contribution in [0.1, 0.15) is 32.3 Å². The van der Waals surface area contributed by atoms with Crippen LogP contribution < -0.4 is 10.1 Å². The standard InChI is InChI=1S/C18H28N2O4S/c1-14(2)24-17-8-4-6-15(10-17)11-19-18(21)20-9-5-7-16(12-20)13-25(3,22)23/h4,6,8,10,14,16H,5,7,9,11-13H2,1-3H3,(H,19,21)/t16-/m0/s1. The van der Waals surface area contributed by atoms with E-state index in [1.165, 1.54) is 6.26 Å². The minimum atomic E-state index is -3.02. The van der Waals surface area contributed by atoms with Crippen molar-refractivity contribution in [3.8, 4) is 5.75 Å². The molecule has 0 bridgehead atoms. The summed E-state index contributed by atoms with van der Waals surface area (Å²) in [6, 6.07) is 7.51. The van der Waals surface area contributed by atoms with Crippen molar-refractivity contribution in [2.45, 2.75) is 39.3 Å². The van der Waals surface area contributed by atoms with Gasteiger partial charge in [-0.2, -0.15) is 0 Å². The molecule has 1 aliphatic heterocycles. The maximum Gasteiger partial charge on any atom is 0.317 e. The minimum absolute atomic E-state index is 0.0252. The second-order valence-electron chi connectivity index (χ2n) is 7.02. The van der Waals surface area contributed by atoms with Gasteiger partial charge in [0.25, 0.3) is 0 Å². The molecule has 140 valence electrons. The maximum absolute atomic E-state index is 12.4. The van der Waals surface area contributed by atoms with Gasteiger partial charge in [0.2, 0.25) is 0 Å². The third kappa shape index (κ3) is 6.94. The van der Waals surface area contributed by atoms with Crippen molar-refractivity contribution in [3.05, 3.63) is 29.8 Å². The SMILES string of the molecule is CC(C)Oc1cccc(CNC(=O)N2CCC[C@H](CS(C)(=O)=O)C2)c1. The Hall–Kier alpha value is -1.76. The topological polar surface area (TPSA) is 75.7 Å². The Morgan fingerprint density at radius 3 is 2.84 bits per heavy atom. The molecule has 0 aromatic heterocycles. The van der Waals surface area contributed by atoms with Crippen molar-refractivity contribution in [3.63, 3.8) is 0 Å². The van der Waals surface area contributed by atoms with E-state index >= 15 is 0 Å². The molecular formula is C18H28N2O4S. The summed E-state index contributed by atoms with van der Waals surface area (Å²) < 4.78 is 28.6. The summed E-state index contributed by atoms with van der Waals surface area (Å²) in [4.78, 5) is 14.1. The number of carbonyl (C=O) groups excluding carboxylic acids is 1. The van der Waals surface area contributed by atoms with Crippen LogP contribution in [-0.4, -0.2) is 50.6 Å². The van der Waals surface area contributed by atoms with Crippen molar-refractivity contribution in [1.29, 1.82) is 0 Å². The first-order chi connectivity index (χ1) is 11.7. The number of nitrogens with zero attached hydrogens (tertiary/aromatic N) is 1. The van der Waals surface area contributed by atoms with E-state index in [4.69, 9.17) is 4.74 Å². The molecule has 0 unspecified atom stereocenters. The summed E-state index contributed by atoms with van der Waals surface area (Å²) in [6.45, 7) is 5.52. The van der Waals surface area contributed by atoms with Gasteiger partial charge < -0.3 is 15.0 Å². The van der Waals surface area contributed by atoms with E-state index in [1.807, 2.05) is 38.1 Å². The molecule has 0 aliphatic carbocycles. The van der Waals surface area contributed by atoms with Gasteiger partial charge in [0.15, 0.2) is 0 Å². The predicted molar refractivity (Wildman–Crippen MR) is 98.4 cm³/mol. The van der Waals surface area contributed by atoms with Gasteiger partial charge in [-0.25, -0.2) is 13.2 Å². The van der Waals surface area contributed by atoms with E-state index in [0.717, 1.165) is 24.2 Å². The number of sulfone groups is 1. The molecule has 1 heterocycles. The summed E-state index contributed by atoms with van der Waals surface area (Å²) in [5.41, 5.74) is 0.969. The third-order valence-corrected chi connectivity index (χ3v) is 5.14. The number of ether oxygens (including phenoxy) is 1. The monoisotopic (exact) mass is 368 g/mol. The van der Waals surface area contributed by atoms with Crippen LogP contribution in [0.15, 0.2) is 24.3 Å². The normalized spacial score (nSPS) is 18.2. The fraction of sp³-hybridized carbons (Fsp3) is 0.611. The van der Waals surface area contributed by atoms with Gasteiger partial charge in [0, 0.05) is 25.9 Å². The average molecular weight is 368 g/mol. The quantitative estimate of drug-likeness (QED) is 0.837. The first-order valence-electron chi connectivity index (χ1n) is 8.69. The number of hydrogen-bond donors (Lipinski definition) is 1. The Morgan fingerprint density at radius 2 is 2.16 bits per heavy atom. The smallest absolute Gasteiger partial charge is 0.317 e. The van der Waals surface area contributed by atoms with Crippen molar-refractivity contribution < 1.29 is 17.9 Å². The predicted octanol–water partition coefficient (Wildman–Crippen LogP) is 2.44. The van der Waals surface area contributed by atoms with Crippen LogP contribution >= 0.6 is 0 Å². The number of benzene rings is 1. The van der Waals surface area contributed by atoms with Crippen LogP contribution in [0.2, 0.25) is 0 Å². The molecule has 1 fully saturated rings. The van der Waals surface area contributed by atoms with Gasteiger partial charge >= 0.3 is 6.03 Å². The van der Waals surface area contributed by atoms with E-state index in [0.29, 0.717) is 19.6 Å². The zero-order valence-electron chi connectivity index (χ0n) is 15.2. The van der Waals surface area contributed by atoms with Crippen LogP contribution in [0, 0.1) is 5.92 Å². The second-order valence-corrected chi connectivity index (χ2v) is 9.20. The zero-order chi connectivity index (χ0) is 18.4. The number of piperidine rings is 1. The molecule has 6 nitrogen and oxygen atoms in total. The number of rotatable bonds is 6. The Kier molecular flexibility index (Phi) is 6.70. The number of carbonyl (C=O) groups is 1. The summed E-state index contributed by atoms with van der Waals surface area (Å²) in [7, 11) is -3.02. The highest BCUT2D eigenvalue weighted by molar-refractivity contribution is 7.90. The Balaban J connectivity index is 1.87. The highest BCUT2D eigenvalue weighted by Gasteiger charge is 2.25. The highest BCUT2D eigenvalue weighted by atomic mass is 32.2. The summed E-state index contributed by atoms with van der Waals surface area (Å²) in [5.74, 6) is 0.955. The van der Waals surface area contributed by atoms with Gasteiger partial charge in [-0.1, -0.05) is 12.1 Å². The molecule has 1 atom stereocenters. The molecule has 1 aromatic rings. The first-order valence-corrected chi connectivity index (χ1v) is 10.7. The van der Waals surface area contributed by atoms with E-state index in [9.17, 15) is 13.2 Å². The number of likely N-dealkylation sites (tertiary alicyclic amines) is 1. The Labute approximate surface area is 150 Å². The van der Waals surface area contributed by atoms with Crippen LogP contribution in [-0.2, 0) is 16.4 Å². The van der Waals surface area contributed by atoms with Crippen LogP contribution in [0.5, 0.6) is 5.75 Å². The molecule has 2 amide bonds. The lowest BCUT2D eigenvalue weighted by Gasteiger charge is -2.32. The van der Waals surface area contributed by atoms with Crippen molar-refractivity contribution in [2.24, 2.45) is 5.92 Å². The van der Waals surface area contributed by atoms with Crippen LogP contribution in [0.3, 0.4) is 0 Å². The van der Waals surface area contributed by atoms with E-state index in [2.05, 4.69) is 5.32 Å². The molecule has 0 saturated carbocycles. The zero-order valence-corrected chi connectivity index (χ0v) is 16.0. The molecule has 7 heteroatoms. The first kappa shape index (κ1) is 19.6. The summed E-state index contributed by atoms with van der Waals surface area (Å²) in [6.07, 6.45) is 3.04. The van der Waals surface area contributed by atoms with Crippen LogP contribution in [0.4, 0.5) is 4.79 Å². The molecule has 1 aromatic carbocycles. The second kappa shape index (κ2) is 8.56. The molecule has 1 aliphatic rings. The van der Waals surface area contributed by atoms with E-state index < -0.39 is 9.84 Å². The minimum Gasteiger partial charge on any atom is -0.491 e. The Morgan fingerprint density at radius 1 is 1.40 bits per heavy atom. The lowest BCUT2D eigenvalue weighted by molar-refractivity contribution is 0.170. The van der Waals surface area contributed by atoms with Gasteiger partial charge in [-0.3, -0.25) is 0 Å². The largest absolute Gasteiger partial charge is 0.491 e. The number of nitrogens with one attached hydrogen (secondary N) is 1. The van der Waals surface area contributed by atoms with E-state index in [1.54, 1.807) is 4.90 Å². The van der Waals surface area contributed by atoms with Crippen LogP contribution in [0.25, 0.3) is 0 Å². The van der Waals surface area contributed by atoms with Crippen molar-refractivity contribution in [1.82, 2.24) is 10.2 Å². The molecule has 0 radical (unpaired) electrons. The molecule has 0 spiro atoms. The number of hydrogen-bond acceptors (Lipinski definition) is 4. The third-order valence-electron chi connectivity index (χ3n) is 4.06. The summed E-state index contributed by atoms with van der Waals surface area (Å²) in [5, 5.41) is 2.91. The van der Waals surface area contributed by atoms with Gasteiger partial charge in [0.1, 0.15) is 15.6 Å². The highest BCUT2D eigenvalue weighted by Crippen LogP contribution is 2.19. The molecule has 1 saturated heterocycles. The van der Waals surface area contributed by atoms with Gasteiger partial charge in [0.05, 0.1) is 11.9 Å². The molecule has 25 heavy (non-hydrogen) atoms. The lowest BCUT2D eigenvalue weighted by Crippen LogP contribution is -2.46. The molecular weight excluding hydrogens is 340 g/mol. The average Bonchev–Trinajstić information content (AvgIpc) is 2.51. The number of urea groups is 1. The fourth-order valence-electron chi connectivity index (χ4n) is 3.10. The molecule has 1 N–H and O–H groups in total.